The van der Waals surface area contributed by atoms with E-state index in [2.05, 4.69) is 24.1 Å². The van der Waals surface area contributed by atoms with Gasteiger partial charge in [-0.1, -0.05) is 26.0 Å². The number of carboxylic acids is 1. The molecule has 3 rings (SSSR count). The van der Waals surface area contributed by atoms with Crippen LogP contribution in [-0.4, -0.2) is 26.5 Å². The number of aromatic nitrogens is 2. The van der Waals surface area contributed by atoms with Crippen LogP contribution in [0.1, 0.15) is 38.4 Å². The molecule has 0 saturated heterocycles. The maximum Gasteiger partial charge on any atom is 0.307 e. The summed E-state index contributed by atoms with van der Waals surface area (Å²) < 4.78 is 2.02. The summed E-state index contributed by atoms with van der Waals surface area (Å²) in [5.74, 6) is -1.11. The van der Waals surface area contributed by atoms with E-state index in [0.29, 0.717) is 24.4 Å². The van der Waals surface area contributed by atoms with Crippen LogP contribution in [0.2, 0.25) is 0 Å². The van der Waals surface area contributed by atoms with E-state index >= 15 is 0 Å². The second-order valence-corrected chi connectivity index (χ2v) is 6.84. The second kappa shape index (κ2) is 7.56. The predicted octanol–water partition coefficient (Wildman–Crippen LogP) is 3.60. The number of imidazole rings is 1. The van der Waals surface area contributed by atoms with Crippen molar-refractivity contribution in [2.75, 3.05) is 5.32 Å². The van der Waals surface area contributed by atoms with Gasteiger partial charge in [-0.15, -0.1) is 0 Å². The molecule has 0 unspecified atom stereocenters. The van der Waals surface area contributed by atoms with Gasteiger partial charge in [0.25, 0.3) is 0 Å². The number of amides is 1. The number of nitrogens with zero attached hydrogens (tertiary/aromatic N) is 2. The summed E-state index contributed by atoms with van der Waals surface area (Å²) >= 11 is 0. The number of rotatable bonds is 5. The zero-order chi connectivity index (χ0) is 18.7. The lowest BCUT2D eigenvalue weighted by Gasteiger charge is -2.24. The first-order valence-electron chi connectivity index (χ1n) is 8.79. The molecule has 0 bridgehead atoms. The van der Waals surface area contributed by atoms with Gasteiger partial charge in [0.2, 0.25) is 5.91 Å². The topological polar surface area (TPSA) is 84.2 Å². The van der Waals surface area contributed by atoms with Gasteiger partial charge in [0.1, 0.15) is 5.82 Å². The average Bonchev–Trinajstić information content (AvgIpc) is 3.12. The van der Waals surface area contributed by atoms with Crippen LogP contribution in [-0.2, 0) is 9.59 Å². The highest BCUT2D eigenvalue weighted by molar-refractivity contribution is 5.95. The van der Waals surface area contributed by atoms with Crippen molar-refractivity contribution in [2.24, 2.45) is 11.8 Å². The number of anilines is 1. The third-order valence-electron chi connectivity index (χ3n) is 4.69. The molecular weight excluding hydrogens is 330 g/mol. The van der Waals surface area contributed by atoms with Crippen molar-refractivity contribution in [2.45, 2.75) is 32.6 Å². The minimum atomic E-state index is -0.925. The molecule has 2 N–H and O–H groups in total. The van der Waals surface area contributed by atoms with Crippen LogP contribution < -0.4 is 5.32 Å². The molecule has 1 aliphatic rings. The minimum absolute atomic E-state index is 0.250. The van der Waals surface area contributed by atoms with Crippen LogP contribution in [0.15, 0.2) is 48.8 Å². The van der Waals surface area contributed by atoms with Gasteiger partial charge >= 0.3 is 5.97 Å². The van der Waals surface area contributed by atoms with Gasteiger partial charge in [0, 0.05) is 29.7 Å². The molecule has 1 heterocycles. The van der Waals surface area contributed by atoms with Crippen LogP contribution in [0.25, 0.3) is 5.69 Å². The summed E-state index contributed by atoms with van der Waals surface area (Å²) in [7, 11) is 0. The number of aliphatic carboxylic acids is 1. The first-order valence-corrected chi connectivity index (χ1v) is 8.79. The summed E-state index contributed by atoms with van der Waals surface area (Å²) in [5, 5.41) is 12.2. The Bertz CT molecular complexity index is 821. The molecule has 26 heavy (non-hydrogen) atoms. The molecule has 0 aliphatic heterocycles. The summed E-state index contributed by atoms with van der Waals surface area (Å²) in [5.41, 5.74) is 1.62. The third kappa shape index (κ3) is 3.69. The van der Waals surface area contributed by atoms with Crippen molar-refractivity contribution in [3.8, 4) is 5.69 Å². The Balaban J connectivity index is 1.73. The van der Waals surface area contributed by atoms with E-state index in [4.69, 9.17) is 0 Å². The monoisotopic (exact) mass is 353 g/mol. The predicted molar refractivity (Wildman–Crippen MR) is 99.3 cm³/mol. The zero-order valence-electron chi connectivity index (χ0n) is 14.9. The minimum Gasteiger partial charge on any atom is -0.481 e. The number of benzene rings is 1. The molecule has 6 nitrogen and oxygen atoms in total. The SMILES string of the molecule is CC(C)c1nccn1-c1ccc(NC(=O)[C@@H]2CC=CC[C@@H]2C(=O)O)cc1. The first kappa shape index (κ1) is 17.9. The fourth-order valence-corrected chi connectivity index (χ4v) is 3.28. The standard InChI is InChI=1S/C20H23N3O3/c1-13(2)18-21-11-12-23(18)15-9-7-14(8-10-15)22-19(24)16-5-3-4-6-17(16)20(25)26/h3-4,7-13,16-17H,5-6H2,1-2H3,(H,22,24)(H,25,26)/t16-,17+/m1/s1. The number of nitrogens with one attached hydrogen (secondary N) is 1. The van der Waals surface area contributed by atoms with E-state index in [1.165, 1.54) is 0 Å². The zero-order valence-corrected chi connectivity index (χ0v) is 14.9. The van der Waals surface area contributed by atoms with E-state index in [0.717, 1.165) is 11.5 Å². The van der Waals surface area contributed by atoms with Crippen molar-refractivity contribution in [1.82, 2.24) is 9.55 Å². The number of carbonyl (C=O) groups excluding carboxylic acids is 1. The Hall–Kier alpha value is -2.89. The lowest BCUT2D eigenvalue weighted by Crippen LogP contribution is -2.34. The Kier molecular flexibility index (Phi) is 5.21. The third-order valence-corrected chi connectivity index (χ3v) is 4.69. The number of carbonyl (C=O) groups is 2. The normalized spacial score (nSPS) is 19.5. The highest BCUT2D eigenvalue weighted by atomic mass is 16.4. The average molecular weight is 353 g/mol. The van der Waals surface area contributed by atoms with Gasteiger partial charge in [0.05, 0.1) is 11.8 Å². The van der Waals surface area contributed by atoms with Gasteiger partial charge in [-0.05, 0) is 37.1 Å². The highest BCUT2D eigenvalue weighted by Gasteiger charge is 2.33. The largest absolute Gasteiger partial charge is 0.481 e. The molecule has 1 aromatic carbocycles. The van der Waals surface area contributed by atoms with Crippen molar-refractivity contribution in [3.63, 3.8) is 0 Å². The first-order chi connectivity index (χ1) is 12.5. The van der Waals surface area contributed by atoms with Gasteiger partial charge in [0.15, 0.2) is 0 Å². The second-order valence-electron chi connectivity index (χ2n) is 6.84. The van der Waals surface area contributed by atoms with Crippen LogP contribution in [0, 0.1) is 11.8 Å². The Morgan fingerprint density at radius 2 is 1.81 bits per heavy atom. The van der Waals surface area contributed by atoms with E-state index < -0.39 is 17.8 Å². The summed E-state index contributed by atoms with van der Waals surface area (Å²) in [6, 6.07) is 7.48. The van der Waals surface area contributed by atoms with Gasteiger partial charge in [-0.2, -0.15) is 0 Å². The van der Waals surface area contributed by atoms with E-state index in [1.54, 1.807) is 6.20 Å². The lowest BCUT2D eigenvalue weighted by molar-refractivity contribution is -0.146. The van der Waals surface area contributed by atoms with Gasteiger partial charge in [-0.25, -0.2) is 4.98 Å². The van der Waals surface area contributed by atoms with Gasteiger partial charge in [-0.3, -0.25) is 9.59 Å². The molecule has 1 aliphatic carbocycles. The number of hydrogen-bond donors (Lipinski definition) is 2. The molecule has 136 valence electrons. The van der Waals surface area contributed by atoms with Crippen LogP contribution in [0.3, 0.4) is 0 Å². The van der Waals surface area contributed by atoms with E-state index in [1.807, 2.05) is 47.2 Å². The molecular formula is C20H23N3O3. The fraction of sp³-hybridized carbons (Fsp3) is 0.350. The highest BCUT2D eigenvalue weighted by Crippen LogP contribution is 2.27. The van der Waals surface area contributed by atoms with Crippen molar-refractivity contribution >= 4 is 17.6 Å². The molecule has 0 radical (unpaired) electrons. The summed E-state index contributed by atoms with van der Waals surface area (Å²) in [4.78, 5) is 28.3. The lowest BCUT2D eigenvalue weighted by atomic mass is 9.82. The maximum absolute atomic E-state index is 12.5. The molecule has 6 heteroatoms. The summed E-state index contributed by atoms with van der Waals surface area (Å²) in [6.45, 7) is 4.18. The van der Waals surface area contributed by atoms with E-state index in [-0.39, 0.29) is 5.91 Å². The Morgan fingerprint density at radius 1 is 1.15 bits per heavy atom. The molecule has 0 saturated carbocycles. The van der Waals surface area contributed by atoms with Gasteiger partial charge < -0.3 is 15.0 Å². The van der Waals surface area contributed by atoms with Crippen molar-refractivity contribution in [3.05, 3.63) is 54.6 Å². The Morgan fingerprint density at radius 3 is 2.42 bits per heavy atom. The van der Waals surface area contributed by atoms with Crippen LogP contribution in [0.5, 0.6) is 0 Å². The fourth-order valence-electron chi connectivity index (χ4n) is 3.28. The number of carboxylic acid groups (broad SMARTS) is 1. The quantitative estimate of drug-likeness (QED) is 0.805. The van der Waals surface area contributed by atoms with Crippen molar-refractivity contribution in [1.29, 1.82) is 0 Å². The molecule has 0 spiro atoms. The molecule has 0 fully saturated rings. The number of allylic oxidation sites excluding steroid dienone is 2. The number of hydrogen-bond acceptors (Lipinski definition) is 3. The van der Waals surface area contributed by atoms with Crippen LogP contribution in [0.4, 0.5) is 5.69 Å². The molecule has 2 aromatic rings. The van der Waals surface area contributed by atoms with E-state index in [9.17, 15) is 14.7 Å². The smallest absolute Gasteiger partial charge is 0.307 e. The maximum atomic E-state index is 12.5. The van der Waals surface area contributed by atoms with Crippen molar-refractivity contribution < 1.29 is 14.7 Å². The summed E-state index contributed by atoms with van der Waals surface area (Å²) in [6.07, 6.45) is 8.23. The molecule has 2 atom stereocenters. The van der Waals surface area contributed by atoms with Crippen LogP contribution >= 0.6 is 0 Å². The molecule has 1 amide bonds. The molecule has 1 aromatic heterocycles. The Labute approximate surface area is 152 Å².